The predicted molar refractivity (Wildman–Crippen MR) is 95.3 cm³/mol. The van der Waals surface area contributed by atoms with Gasteiger partial charge in [0.25, 0.3) is 0 Å². The minimum atomic E-state index is 0.0694. The largest absolute Gasteiger partial charge is 0.464 e. The molecule has 3 heterocycles. The van der Waals surface area contributed by atoms with Gasteiger partial charge in [-0.3, -0.25) is 4.79 Å². The minimum absolute atomic E-state index is 0.0694. The highest BCUT2D eigenvalue weighted by atomic mass is 16.5. The second kappa shape index (κ2) is 7.89. The molecule has 25 heavy (non-hydrogen) atoms. The molecule has 1 atom stereocenters. The van der Waals surface area contributed by atoms with Crippen LogP contribution < -0.4 is 0 Å². The molecule has 5 heteroatoms. The van der Waals surface area contributed by atoms with Crippen LogP contribution in [-0.4, -0.2) is 22.5 Å². The third kappa shape index (κ3) is 3.97. The van der Waals surface area contributed by atoms with Gasteiger partial charge in [0.2, 0.25) is 5.91 Å². The average molecular weight is 344 g/mol. The molecule has 0 aliphatic carbocycles. The van der Waals surface area contributed by atoms with Crippen molar-refractivity contribution in [1.29, 1.82) is 0 Å². The minimum Gasteiger partial charge on any atom is -0.464 e. The van der Waals surface area contributed by atoms with Crippen molar-refractivity contribution in [1.82, 2.24) is 10.1 Å². The Hall–Kier alpha value is -2.04. The van der Waals surface area contributed by atoms with Crippen LogP contribution in [0.2, 0.25) is 0 Å². The van der Waals surface area contributed by atoms with E-state index in [1.165, 1.54) is 6.42 Å². The number of hydrogen-bond donors (Lipinski definition) is 0. The lowest BCUT2D eigenvalue weighted by molar-refractivity contribution is -0.134. The van der Waals surface area contributed by atoms with Crippen LogP contribution in [0.1, 0.15) is 73.6 Å². The smallest absolute Gasteiger partial charge is 0.223 e. The van der Waals surface area contributed by atoms with E-state index in [1.807, 2.05) is 30.9 Å². The maximum Gasteiger partial charge on any atom is 0.223 e. The van der Waals surface area contributed by atoms with Gasteiger partial charge in [0.1, 0.15) is 17.3 Å². The van der Waals surface area contributed by atoms with Crippen LogP contribution in [0, 0.1) is 13.8 Å². The van der Waals surface area contributed by atoms with E-state index in [0.29, 0.717) is 12.8 Å². The summed E-state index contributed by atoms with van der Waals surface area (Å²) in [5, 5.41) is 3.98. The highest BCUT2D eigenvalue weighted by Crippen LogP contribution is 2.32. The Bertz CT molecular complexity index is 697. The van der Waals surface area contributed by atoms with Gasteiger partial charge in [0.15, 0.2) is 0 Å². The second-order valence-electron chi connectivity index (χ2n) is 6.91. The van der Waals surface area contributed by atoms with Crippen LogP contribution >= 0.6 is 0 Å². The first-order valence-electron chi connectivity index (χ1n) is 9.40. The van der Waals surface area contributed by atoms with Crippen LogP contribution in [-0.2, 0) is 17.6 Å². The summed E-state index contributed by atoms with van der Waals surface area (Å²) in [6, 6.07) is 4.15. The summed E-state index contributed by atoms with van der Waals surface area (Å²) in [7, 11) is 0. The highest BCUT2D eigenvalue weighted by Gasteiger charge is 2.29. The van der Waals surface area contributed by atoms with Crippen LogP contribution in [0.25, 0.3) is 0 Å². The van der Waals surface area contributed by atoms with E-state index in [2.05, 4.69) is 12.1 Å². The first-order valence-corrected chi connectivity index (χ1v) is 9.40. The lowest BCUT2D eigenvalue weighted by Gasteiger charge is -2.29. The summed E-state index contributed by atoms with van der Waals surface area (Å²) in [5.74, 6) is 2.93. The summed E-state index contributed by atoms with van der Waals surface area (Å²) in [6.45, 7) is 6.74. The molecule has 1 amide bonds. The van der Waals surface area contributed by atoms with Crippen molar-refractivity contribution in [3.63, 3.8) is 0 Å². The van der Waals surface area contributed by atoms with E-state index in [-0.39, 0.29) is 11.9 Å². The van der Waals surface area contributed by atoms with Crippen molar-refractivity contribution in [2.45, 2.75) is 71.8 Å². The fourth-order valence-corrected chi connectivity index (χ4v) is 3.70. The molecule has 0 saturated carbocycles. The van der Waals surface area contributed by atoms with E-state index in [1.54, 1.807) is 0 Å². The number of rotatable bonds is 5. The molecule has 2 aromatic heterocycles. The van der Waals surface area contributed by atoms with Gasteiger partial charge in [-0.05, 0) is 45.2 Å². The zero-order chi connectivity index (χ0) is 17.8. The van der Waals surface area contributed by atoms with Crippen molar-refractivity contribution < 1.29 is 13.7 Å². The molecule has 1 fully saturated rings. The first-order chi connectivity index (χ1) is 12.1. The Morgan fingerprint density at radius 3 is 2.80 bits per heavy atom. The van der Waals surface area contributed by atoms with Crippen molar-refractivity contribution >= 4 is 5.91 Å². The number of carbonyl (C=O) groups is 1. The van der Waals surface area contributed by atoms with E-state index in [0.717, 1.165) is 60.8 Å². The van der Waals surface area contributed by atoms with Gasteiger partial charge in [0.05, 0.1) is 11.7 Å². The predicted octanol–water partition coefficient (Wildman–Crippen LogP) is 4.52. The SMILES string of the molecule is CCc1ccc(C2CCCCCN2C(=O)CCc2c(C)noc2C)o1. The van der Waals surface area contributed by atoms with E-state index in [9.17, 15) is 4.79 Å². The van der Waals surface area contributed by atoms with Gasteiger partial charge in [-0.15, -0.1) is 0 Å². The highest BCUT2D eigenvalue weighted by molar-refractivity contribution is 5.77. The molecule has 2 aromatic rings. The third-order valence-electron chi connectivity index (χ3n) is 5.20. The Balaban J connectivity index is 1.73. The number of aryl methyl sites for hydroxylation is 3. The standard InChI is InChI=1S/C20H28N2O3/c1-4-16-9-11-19(24-16)18-8-6-5-7-13-22(18)20(23)12-10-17-14(2)21-25-15(17)3/h9,11,18H,4-8,10,12-13H2,1-3H3. The lowest BCUT2D eigenvalue weighted by Crippen LogP contribution is -2.34. The average Bonchev–Trinajstić information content (AvgIpc) is 3.12. The molecule has 3 rings (SSSR count). The molecule has 0 aromatic carbocycles. The van der Waals surface area contributed by atoms with Gasteiger partial charge in [-0.2, -0.15) is 0 Å². The molecule has 0 spiro atoms. The molecular weight excluding hydrogens is 316 g/mol. The number of nitrogens with zero attached hydrogens (tertiary/aromatic N) is 2. The van der Waals surface area contributed by atoms with Crippen molar-refractivity contribution in [2.24, 2.45) is 0 Å². The molecule has 1 unspecified atom stereocenters. The Morgan fingerprint density at radius 1 is 1.28 bits per heavy atom. The van der Waals surface area contributed by atoms with E-state index < -0.39 is 0 Å². The summed E-state index contributed by atoms with van der Waals surface area (Å²) in [6.07, 6.45) is 6.41. The number of likely N-dealkylation sites (tertiary alicyclic amines) is 1. The summed E-state index contributed by atoms with van der Waals surface area (Å²) < 4.78 is 11.2. The maximum absolute atomic E-state index is 13.0. The number of hydrogen-bond acceptors (Lipinski definition) is 4. The van der Waals surface area contributed by atoms with Crippen molar-refractivity contribution in [3.05, 3.63) is 40.7 Å². The number of aromatic nitrogens is 1. The fraction of sp³-hybridized carbons (Fsp3) is 0.600. The summed E-state index contributed by atoms with van der Waals surface area (Å²) in [4.78, 5) is 15.0. The van der Waals surface area contributed by atoms with Gasteiger partial charge in [-0.1, -0.05) is 24.9 Å². The van der Waals surface area contributed by atoms with Gasteiger partial charge < -0.3 is 13.8 Å². The molecule has 1 aliphatic rings. The molecule has 1 aliphatic heterocycles. The third-order valence-corrected chi connectivity index (χ3v) is 5.20. The summed E-state index contributed by atoms with van der Waals surface area (Å²) >= 11 is 0. The fourth-order valence-electron chi connectivity index (χ4n) is 3.70. The normalized spacial score (nSPS) is 18.4. The van der Waals surface area contributed by atoms with Gasteiger partial charge >= 0.3 is 0 Å². The van der Waals surface area contributed by atoms with Crippen molar-refractivity contribution in [3.8, 4) is 0 Å². The maximum atomic E-state index is 13.0. The number of furan rings is 1. The molecular formula is C20H28N2O3. The first kappa shape index (κ1) is 17.8. The zero-order valence-corrected chi connectivity index (χ0v) is 15.5. The Kier molecular flexibility index (Phi) is 5.61. The molecule has 0 bridgehead atoms. The molecule has 1 saturated heterocycles. The second-order valence-corrected chi connectivity index (χ2v) is 6.91. The molecule has 0 radical (unpaired) electrons. The van der Waals surface area contributed by atoms with E-state index >= 15 is 0 Å². The molecule has 0 N–H and O–H groups in total. The van der Waals surface area contributed by atoms with Crippen LogP contribution in [0.3, 0.4) is 0 Å². The van der Waals surface area contributed by atoms with Gasteiger partial charge in [0, 0.05) is 24.9 Å². The topological polar surface area (TPSA) is 59.5 Å². The molecule has 136 valence electrons. The van der Waals surface area contributed by atoms with Gasteiger partial charge in [-0.25, -0.2) is 0 Å². The quantitative estimate of drug-likeness (QED) is 0.800. The summed E-state index contributed by atoms with van der Waals surface area (Å²) in [5.41, 5.74) is 1.95. The Morgan fingerprint density at radius 2 is 2.12 bits per heavy atom. The van der Waals surface area contributed by atoms with E-state index in [4.69, 9.17) is 8.94 Å². The number of carbonyl (C=O) groups excluding carboxylic acids is 1. The number of amides is 1. The molecule has 5 nitrogen and oxygen atoms in total. The lowest BCUT2D eigenvalue weighted by atomic mass is 10.1. The zero-order valence-electron chi connectivity index (χ0n) is 15.5. The van der Waals surface area contributed by atoms with Crippen LogP contribution in [0.5, 0.6) is 0 Å². The van der Waals surface area contributed by atoms with Crippen LogP contribution in [0.15, 0.2) is 21.1 Å². The van der Waals surface area contributed by atoms with Crippen LogP contribution in [0.4, 0.5) is 0 Å². The monoisotopic (exact) mass is 344 g/mol. The Labute approximate surface area is 149 Å². The van der Waals surface area contributed by atoms with Crippen molar-refractivity contribution in [2.75, 3.05) is 6.54 Å².